The van der Waals surface area contributed by atoms with E-state index in [1.54, 1.807) is 54.7 Å². The number of thiophene rings is 1. The second kappa shape index (κ2) is 11.3. The van der Waals surface area contributed by atoms with Crippen LogP contribution in [0.2, 0.25) is 0 Å². The van der Waals surface area contributed by atoms with Crippen molar-refractivity contribution >= 4 is 23.2 Å². The fourth-order valence-corrected chi connectivity index (χ4v) is 5.67. The van der Waals surface area contributed by atoms with Gasteiger partial charge in [0, 0.05) is 29.6 Å². The second-order valence-corrected chi connectivity index (χ2v) is 10.5. The Balaban J connectivity index is 1.33. The summed E-state index contributed by atoms with van der Waals surface area (Å²) >= 11 is 1.72. The lowest BCUT2D eigenvalue weighted by atomic mass is 10.00. The summed E-state index contributed by atoms with van der Waals surface area (Å²) in [5, 5.41) is 2.07. The number of hydrogen-bond donors (Lipinski definition) is 0. The van der Waals surface area contributed by atoms with E-state index >= 15 is 0 Å². The van der Waals surface area contributed by atoms with Crippen LogP contribution in [0, 0.1) is 5.92 Å². The van der Waals surface area contributed by atoms with Crippen molar-refractivity contribution in [2.45, 2.75) is 25.3 Å². The molecule has 2 amide bonds. The van der Waals surface area contributed by atoms with Gasteiger partial charge in [0.1, 0.15) is 30.4 Å². The van der Waals surface area contributed by atoms with Gasteiger partial charge in [-0.3, -0.25) is 9.59 Å². The van der Waals surface area contributed by atoms with Gasteiger partial charge in [0.2, 0.25) is 5.91 Å². The third-order valence-electron chi connectivity index (χ3n) is 6.99. The average Bonchev–Trinajstić information content (AvgIpc) is 3.63. The highest BCUT2D eigenvalue weighted by molar-refractivity contribution is 7.10. The van der Waals surface area contributed by atoms with Gasteiger partial charge in [-0.25, -0.2) is 0 Å². The monoisotopic (exact) mass is 520 g/mol. The normalized spacial score (nSPS) is 16.6. The third kappa shape index (κ3) is 5.91. The van der Waals surface area contributed by atoms with Crippen molar-refractivity contribution in [3.63, 3.8) is 0 Å². The fourth-order valence-electron chi connectivity index (χ4n) is 4.74. The quantitative estimate of drug-likeness (QED) is 0.383. The van der Waals surface area contributed by atoms with Crippen LogP contribution in [0.3, 0.4) is 0 Å². The number of amides is 2. The summed E-state index contributed by atoms with van der Waals surface area (Å²) in [5.41, 5.74) is 1.69. The third-order valence-corrected chi connectivity index (χ3v) is 7.99. The first-order valence-electron chi connectivity index (χ1n) is 12.6. The number of methoxy groups -OCH3 is 2. The number of carbonyl (C=O) groups is 2. The minimum Gasteiger partial charge on any atom is -0.497 e. The largest absolute Gasteiger partial charge is 0.497 e. The van der Waals surface area contributed by atoms with E-state index in [1.807, 2.05) is 29.2 Å². The Bertz CT molecular complexity index is 1240. The molecular weight excluding hydrogens is 488 g/mol. The molecule has 37 heavy (non-hydrogen) atoms. The van der Waals surface area contributed by atoms with Crippen molar-refractivity contribution in [1.29, 1.82) is 0 Å². The minimum atomic E-state index is -0.215. The zero-order valence-electron chi connectivity index (χ0n) is 21.2. The van der Waals surface area contributed by atoms with Crippen molar-refractivity contribution in [1.82, 2.24) is 9.80 Å². The first kappa shape index (κ1) is 25.1. The molecule has 8 heteroatoms. The van der Waals surface area contributed by atoms with Crippen LogP contribution in [0.1, 0.15) is 39.7 Å². The van der Waals surface area contributed by atoms with E-state index in [9.17, 15) is 9.59 Å². The number of carbonyl (C=O) groups excluding carboxylic acids is 2. The van der Waals surface area contributed by atoms with E-state index < -0.39 is 0 Å². The zero-order valence-corrected chi connectivity index (χ0v) is 22.0. The molecule has 2 heterocycles. The van der Waals surface area contributed by atoms with Crippen molar-refractivity contribution in [2.75, 3.05) is 40.5 Å². The molecule has 0 spiro atoms. The Morgan fingerprint density at radius 1 is 1.00 bits per heavy atom. The van der Waals surface area contributed by atoms with Crippen molar-refractivity contribution in [3.8, 4) is 17.2 Å². The molecule has 5 rings (SSSR count). The molecule has 1 aliphatic heterocycles. The molecule has 1 fully saturated rings. The number of nitrogens with zero attached hydrogens (tertiary/aromatic N) is 2. The van der Waals surface area contributed by atoms with Crippen LogP contribution in [-0.2, 0) is 11.2 Å². The number of rotatable bonds is 10. The highest BCUT2D eigenvalue weighted by Crippen LogP contribution is 2.35. The summed E-state index contributed by atoms with van der Waals surface area (Å²) < 4.78 is 16.7. The highest BCUT2D eigenvalue weighted by atomic mass is 32.1. The number of benzene rings is 2. The van der Waals surface area contributed by atoms with Crippen LogP contribution in [0.15, 0.2) is 60.0 Å². The number of ether oxygens (including phenoxy) is 3. The van der Waals surface area contributed by atoms with Gasteiger partial charge in [0.15, 0.2) is 0 Å². The lowest BCUT2D eigenvalue weighted by Gasteiger charge is -2.37. The maximum absolute atomic E-state index is 13.7. The predicted molar refractivity (Wildman–Crippen MR) is 143 cm³/mol. The van der Waals surface area contributed by atoms with Gasteiger partial charge in [0.05, 0.1) is 20.3 Å². The van der Waals surface area contributed by atoms with Crippen LogP contribution in [0.25, 0.3) is 0 Å². The van der Waals surface area contributed by atoms with Crippen LogP contribution in [-0.4, -0.2) is 62.1 Å². The molecule has 0 saturated heterocycles. The van der Waals surface area contributed by atoms with E-state index in [1.165, 1.54) is 4.88 Å². The van der Waals surface area contributed by atoms with Crippen LogP contribution >= 0.6 is 11.3 Å². The van der Waals surface area contributed by atoms with Crippen LogP contribution in [0.5, 0.6) is 17.2 Å². The Morgan fingerprint density at radius 2 is 1.76 bits per heavy atom. The van der Waals surface area contributed by atoms with Gasteiger partial charge in [-0.2, -0.15) is 0 Å². The summed E-state index contributed by atoms with van der Waals surface area (Å²) in [5.74, 6) is 2.39. The van der Waals surface area contributed by atoms with Crippen molar-refractivity contribution < 1.29 is 23.8 Å². The molecule has 0 unspecified atom stereocenters. The highest BCUT2D eigenvalue weighted by Gasteiger charge is 2.35. The SMILES string of the molecule is COc1ccc(C(=O)N(CC(=O)N2CCc3sccc3[C@@H]2COc2cccc(OC)c2)CC2CC2)cc1. The summed E-state index contributed by atoms with van der Waals surface area (Å²) in [6.07, 6.45) is 3.00. The Labute approximate surface area is 221 Å². The molecule has 1 atom stereocenters. The van der Waals surface area contributed by atoms with E-state index in [0.29, 0.717) is 42.7 Å². The Kier molecular flexibility index (Phi) is 7.65. The van der Waals surface area contributed by atoms with Gasteiger partial charge >= 0.3 is 0 Å². The van der Waals surface area contributed by atoms with Crippen molar-refractivity contribution in [3.05, 3.63) is 76.0 Å². The van der Waals surface area contributed by atoms with Gasteiger partial charge in [0.25, 0.3) is 5.91 Å². The number of fused-ring (bicyclic) bond motifs is 1. The van der Waals surface area contributed by atoms with Gasteiger partial charge < -0.3 is 24.0 Å². The smallest absolute Gasteiger partial charge is 0.254 e. The van der Waals surface area contributed by atoms with Gasteiger partial charge in [-0.1, -0.05) is 6.07 Å². The zero-order chi connectivity index (χ0) is 25.8. The molecule has 1 aromatic heterocycles. The fraction of sp³-hybridized carbons (Fsp3) is 0.379. The van der Waals surface area contributed by atoms with E-state index in [2.05, 4.69) is 11.4 Å². The summed E-state index contributed by atoms with van der Waals surface area (Å²) in [6.45, 7) is 1.58. The second-order valence-electron chi connectivity index (χ2n) is 9.50. The van der Waals surface area contributed by atoms with E-state index in [0.717, 1.165) is 30.6 Å². The van der Waals surface area contributed by atoms with E-state index in [4.69, 9.17) is 14.2 Å². The lowest BCUT2D eigenvalue weighted by Crippen LogP contribution is -2.48. The summed E-state index contributed by atoms with van der Waals surface area (Å²) in [6, 6.07) is 16.4. The first-order chi connectivity index (χ1) is 18.1. The first-order valence-corrected chi connectivity index (χ1v) is 13.5. The molecule has 2 aliphatic rings. The minimum absolute atomic E-state index is 0.0521. The van der Waals surface area contributed by atoms with Crippen LogP contribution in [0.4, 0.5) is 0 Å². The topological polar surface area (TPSA) is 68.3 Å². The molecular formula is C29H32N2O5S. The van der Waals surface area contributed by atoms with E-state index in [-0.39, 0.29) is 24.4 Å². The molecule has 0 N–H and O–H groups in total. The Hall–Kier alpha value is -3.52. The van der Waals surface area contributed by atoms with Crippen LogP contribution < -0.4 is 14.2 Å². The predicted octanol–water partition coefficient (Wildman–Crippen LogP) is 4.82. The molecule has 2 aromatic carbocycles. The molecule has 194 valence electrons. The van der Waals surface area contributed by atoms with Gasteiger partial charge in [-0.05, 0) is 78.6 Å². The maximum atomic E-state index is 13.7. The lowest BCUT2D eigenvalue weighted by molar-refractivity contribution is -0.135. The average molecular weight is 521 g/mol. The summed E-state index contributed by atoms with van der Waals surface area (Å²) in [7, 11) is 3.22. The van der Waals surface area contributed by atoms with Gasteiger partial charge in [-0.15, -0.1) is 11.3 Å². The molecule has 0 bridgehead atoms. The Morgan fingerprint density at radius 3 is 2.49 bits per heavy atom. The molecule has 7 nitrogen and oxygen atoms in total. The summed E-state index contributed by atoms with van der Waals surface area (Å²) in [4.78, 5) is 32.0. The molecule has 1 aliphatic carbocycles. The molecule has 3 aromatic rings. The van der Waals surface area contributed by atoms with Crippen molar-refractivity contribution in [2.24, 2.45) is 5.92 Å². The molecule has 1 saturated carbocycles. The maximum Gasteiger partial charge on any atom is 0.254 e. The number of hydrogen-bond acceptors (Lipinski definition) is 6. The standard InChI is InChI=1S/C29H32N2O5S/c1-34-22-10-8-21(9-11-22)29(33)30(17-20-6-7-20)18-28(32)31-14-12-27-25(13-15-37-27)26(31)19-36-24-5-3-4-23(16-24)35-2/h3-5,8-11,13,15-16,20,26H,6-7,12,14,17-19H2,1-2H3/t26-/m0/s1. The molecule has 0 radical (unpaired) electrons.